The molecule has 0 aliphatic heterocycles. The van der Waals surface area contributed by atoms with E-state index in [0.717, 1.165) is 10.9 Å². The molecule has 0 amide bonds. The van der Waals surface area contributed by atoms with Gasteiger partial charge in [-0.15, -0.1) is 0 Å². The van der Waals surface area contributed by atoms with Crippen LogP contribution in [0, 0.1) is 0 Å². The van der Waals surface area contributed by atoms with Gasteiger partial charge in [-0.3, -0.25) is 0 Å². The molecule has 31 heavy (non-hydrogen) atoms. The average Bonchev–Trinajstić information content (AvgIpc) is 3.18. The standard InChI is InChI=1S/C23H22N2O6/c1-3-30-22(28)15-9-11-16(12-10-15)25(14-18(21(26)27)23(29)31-4-2)20-13-24-19-8-6-5-7-17(19)20/h5-14,24H,3-4H2,1-2H3,(H,26,27)/b18-14+. The maximum atomic E-state index is 12.2. The first-order chi connectivity index (χ1) is 15.0. The lowest BCUT2D eigenvalue weighted by molar-refractivity contribution is -0.143. The van der Waals surface area contributed by atoms with Gasteiger partial charge in [0.25, 0.3) is 0 Å². The van der Waals surface area contributed by atoms with E-state index in [1.54, 1.807) is 49.2 Å². The largest absolute Gasteiger partial charge is 0.477 e. The fourth-order valence-electron chi connectivity index (χ4n) is 3.04. The highest BCUT2D eigenvalue weighted by atomic mass is 16.5. The number of aromatic amines is 1. The second-order valence-electron chi connectivity index (χ2n) is 6.43. The second kappa shape index (κ2) is 9.62. The molecule has 0 atom stereocenters. The van der Waals surface area contributed by atoms with Crippen molar-refractivity contribution < 1.29 is 29.0 Å². The zero-order valence-corrected chi connectivity index (χ0v) is 17.1. The summed E-state index contributed by atoms with van der Waals surface area (Å²) in [7, 11) is 0. The first kappa shape index (κ1) is 21.6. The van der Waals surface area contributed by atoms with Crippen molar-refractivity contribution in [3.63, 3.8) is 0 Å². The van der Waals surface area contributed by atoms with Crippen molar-refractivity contribution in [2.24, 2.45) is 0 Å². The van der Waals surface area contributed by atoms with E-state index in [-0.39, 0.29) is 13.2 Å². The Hall–Kier alpha value is -4.07. The molecule has 2 aromatic carbocycles. The number of rotatable bonds is 8. The SMILES string of the molecule is CCOC(=O)/C(=C/N(c1ccc(C(=O)OCC)cc1)c1c[nH]c2ccccc12)C(=O)O. The molecule has 8 heteroatoms. The van der Waals surface area contributed by atoms with Crippen LogP contribution in [0.3, 0.4) is 0 Å². The van der Waals surface area contributed by atoms with Crippen molar-refractivity contribution in [1.29, 1.82) is 0 Å². The molecule has 0 aliphatic carbocycles. The van der Waals surface area contributed by atoms with Gasteiger partial charge >= 0.3 is 17.9 Å². The summed E-state index contributed by atoms with van der Waals surface area (Å²) < 4.78 is 9.90. The monoisotopic (exact) mass is 422 g/mol. The minimum absolute atomic E-state index is 0.0464. The Labute approximate surface area is 178 Å². The van der Waals surface area contributed by atoms with Gasteiger partial charge < -0.3 is 24.5 Å². The molecule has 0 bridgehead atoms. The molecule has 8 nitrogen and oxygen atoms in total. The van der Waals surface area contributed by atoms with Gasteiger partial charge in [0, 0.05) is 29.0 Å². The van der Waals surface area contributed by atoms with Gasteiger partial charge in [-0.1, -0.05) is 18.2 Å². The highest BCUT2D eigenvalue weighted by molar-refractivity contribution is 6.14. The lowest BCUT2D eigenvalue weighted by Gasteiger charge is -2.21. The Kier molecular flexibility index (Phi) is 6.71. The van der Waals surface area contributed by atoms with E-state index in [4.69, 9.17) is 9.47 Å². The predicted molar refractivity (Wildman–Crippen MR) is 115 cm³/mol. The second-order valence-corrected chi connectivity index (χ2v) is 6.43. The smallest absolute Gasteiger partial charge is 0.347 e. The summed E-state index contributed by atoms with van der Waals surface area (Å²) in [6.45, 7) is 3.62. The van der Waals surface area contributed by atoms with E-state index in [1.165, 1.54) is 6.20 Å². The Morgan fingerprint density at radius 3 is 2.32 bits per heavy atom. The zero-order valence-electron chi connectivity index (χ0n) is 17.1. The number of H-pyrrole nitrogens is 1. The molecular weight excluding hydrogens is 400 g/mol. The average molecular weight is 422 g/mol. The van der Waals surface area contributed by atoms with Crippen molar-refractivity contribution in [2.45, 2.75) is 13.8 Å². The van der Waals surface area contributed by atoms with E-state index in [9.17, 15) is 19.5 Å². The molecule has 0 saturated heterocycles. The van der Waals surface area contributed by atoms with Gasteiger partial charge in [-0.25, -0.2) is 14.4 Å². The van der Waals surface area contributed by atoms with Crippen molar-refractivity contribution in [2.75, 3.05) is 18.1 Å². The van der Waals surface area contributed by atoms with Crippen molar-refractivity contribution in [1.82, 2.24) is 4.98 Å². The number of carboxylic acid groups (broad SMARTS) is 1. The van der Waals surface area contributed by atoms with Crippen LogP contribution in [-0.2, 0) is 19.1 Å². The van der Waals surface area contributed by atoms with Crippen LogP contribution in [0.5, 0.6) is 0 Å². The van der Waals surface area contributed by atoms with Crippen molar-refractivity contribution in [3.05, 3.63) is 72.1 Å². The Morgan fingerprint density at radius 1 is 1.00 bits per heavy atom. The van der Waals surface area contributed by atoms with E-state index in [0.29, 0.717) is 16.9 Å². The number of ether oxygens (including phenoxy) is 2. The van der Waals surface area contributed by atoms with Crippen LogP contribution in [0.2, 0.25) is 0 Å². The number of aliphatic carboxylic acids is 1. The number of fused-ring (bicyclic) bond motifs is 1. The third kappa shape index (κ3) is 4.75. The van der Waals surface area contributed by atoms with Gasteiger partial charge in [0.05, 0.1) is 24.5 Å². The zero-order chi connectivity index (χ0) is 22.4. The van der Waals surface area contributed by atoms with Crippen LogP contribution in [0.1, 0.15) is 24.2 Å². The van der Waals surface area contributed by atoms with Crippen molar-refractivity contribution >= 4 is 40.2 Å². The normalized spacial score (nSPS) is 11.2. The summed E-state index contributed by atoms with van der Waals surface area (Å²) in [6, 6.07) is 13.9. The summed E-state index contributed by atoms with van der Waals surface area (Å²) in [6.07, 6.45) is 2.93. The van der Waals surface area contributed by atoms with Crippen LogP contribution < -0.4 is 4.90 Å². The third-order valence-electron chi connectivity index (χ3n) is 4.47. The highest BCUT2D eigenvalue weighted by Crippen LogP contribution is 2.33. The minimum Gasteiger partial charge on any atom is -0.477 e. The number of para-hydroxylation sites is 1. The van der Waals surface area contributed by atoms with Crippen LogP contribution in [0.4, 0.5) is 11.4 Å². The summed E-state index contributed by atoms with van der Waals surface area (Å²) in [5, 5.41) is 10.4. The van der Waals surface area contributed by atoms with Gasteiger partial charge in [0.1, 0.15) is 0 Å². The fourth-order valence-corrected chi connectivity index (χ4v) is 3.04. The molecule has 0 radical (unpaired) electrons. The number of benzene rings is 2. The molecule has 1 heterocycles. The Morgan fingerprint density at radius 2 is 1.68 bits per heavy atom. The summed E-state index contributed by atoms with van der Waals surface area (Å²) in [5.41, 5.74) is 1.84. The van der Waals surface area contributed by atoms with Crippen LogP contribution in [0.25, 0.3) is 10.9 Å². The van der Waals surface area contributed by atoms with Crippen LogP contribution in [0.15, 0.2) is 66.5 Å². The lowest BCUT2D eigenvalue weighted by Crippen LogP contribution is -2.20. The maximum absolute atomic E-state index is 12.2. The quantitative estimate of drug-likeness (QED) is 0.244. The van der Waals surface area contributed by atoms with Gasteiger partial charge in [0.15, 0.2) is 5.57 Å². The number of nitrogens with zero attached hydrogens (tertiary/aromatic N) is 1. The number of esters is 2. The summed E-state index contributed by atoms with van der Waals surface area (Å²) in [4.78, 5) is 40.7. The van der Waals surface area contributed by atoms with E-state index >= 15 is 0 Å². The number of nitrogens with one attached hydrogen (secondary N) is 1. The minimum atomic E-state index is -1.41. The molecule has 0 aliphatic rings. The van der Waals surface area contributed by atoms with Crippen LogP contribution in [-0.4, -0.2) is 41.2 Å². The van der Waals surface area contributed by atoms with Crippen LogP contribution >= 0.6 is 0 Å². The number of carbonyl (C=O) groups excluding carboxylic acids is 2. The molecule has 0 spiro atoms. The molecule has 0 unspecified atom stereocenters. The lowest BCUT2D eigenvalue weighted by atomic mass is 10.1. The molecule has 0 saturated carbocycles. The third-order valence-corrected chi connectivity index (χ3v) is 4.47. The first-order valence-corrected chi connectivity index (χ1v) is 9.71. The number of carbonyl (C=O) groups is 3. The number of hydrogen-bond donors (Lipinski definition) is 2. The van der Waals surface area contributed by atoms with E-state index in [2.05, 4.69) is 4.98 Å². The molecule has 3 aromatic rings. The molecule has 3 rings (SSSR count). The fraction of sp³-hybridized carbons (Fsp3) is 0.174. The maximum Gasteiger partial charge on any atom is 0.347 e. The molecule has 0 fully saturated rings. The van der Waals surface area contributed by atoms with E-state index < -0.39 is 23.5 Å². The topological polar surface area (TPSA) is 109 Å². The highest BCUT2D eigenvalue weighted by Gasteiger charge is 2.23. The Bertz CT molecular complexity index is 1130. The summed E-state index contributed by atoms with van der Waals surface area (Å²) in [5.74, 6) is -2.81. The molecule has 160 valence electrons. The van der Waals surface area contributed by atoms with Gasteiger partial charge in [-0.2, -0.15) is 0 Å². The van der Waals surface area contributed by atoms with Gasteiger partial charge in [0.2, 0.25) is 0 Å². The predicted octanol–water partition coefficient (Wildman–Crippen LogP) is 4.01. The van der Waals surface area contributed by atoms with Crippen molar-refractivity contribution in [3.8, 4) is 0 Å². The first-order valence-electron chi connectivity index (χ1n) is 9.71. The number of carboxylic acids is 1. The Balaban J connectivity index is 2.13. The van der Waals surface area contributed by atoms with E-state index in [1.807, 2.05) is 24.3 Å². The molecular formula is C23H22N2O6. The number of aromatic nitrogens is 1. The molecule has 1 aromatic heterocycles. The summed E-state index contributed by atoms with van der Waals surface area (Å²) >= 11 is 0. The number of hydrogen-bond acceptors (Lipinski definition) is 6. The molecule has 2 N–H and O–H groups in total. The van der Waals surface area contributed by atoms with Gasteiger partial charge in [-0.05, 0) is 44.2 Å². The number of anilines is 2.